The Morgan fingerprint density at radius 1 is 0.443 bits per heavy atom. The first kappa shape index (κ1) is 57.9. The molecule has 3 unspecified atom stereocenters. The summed E-state index contributed by atoms with van der Waals surface area (Å²) < 4.78 is 32.6. The Morgan fingerprint density at radius 3 is 1.03 bits per heavy atom. The van der Waals surface area contributed by atoms with Gasteiger partial charge in [0.2, 0.25) is 0 Å². The summed E-state index contributed by atoms with van der Waals surface area (Å²) >= 11 is 0. The van der Waals surface area contributed by atoms with Crippen LogP contribution < -0.4 is 0 Å². The average molecular weight is 875 g/mol. The van der Waals surface area contributed by atoms with Gasteiger partial charge in [0.15, 0.2) is 0 Å². The molecule has 3 atom stereocenters. The van der Waals surface area contributed by atoms with Crippen LogP contribution in [-0.2, 0) is 32.7 Å². The number of unbranched alkanes of at least 4 members (excludes halogenated alkanes) is 12. The minimum absolute atomic E-state index is 0.158. The molecule has 0 saturated heterocycles. The molecule has 0 radical (unpaired) electrons. The van der Waals surface area contributed by atoms with E-state index in [-0.39, 0.29) is 12.8 Å². The van der Waals surface area contributed by atoms with Gasteiger partial charge in [-0.05, 0) is 89.9 Å². The molecule has 0 aromatic carbocycles. The van der Waals surface area contributed by atoms with Gasteiger partial charge in [-0.25, -0.2) is 4.57 Å². The van der Waals surface area contributed by atoms with Crippen LogP contribution in [0.5, 0.6) is 0 Å². The number of aliphatic hydroxyl groups excluding tert-OH is 2. The number of phosphoric acid groups is 1. The minimum atomic E-state index is -4.66. The third kappa shape index (κ3) is 43.3. The van der Waals surface area contributed by atoms with Gasteiger partial charge in [-0.1, -0.05) is 162 Å². The summed E-state index contributed by atoms with van der Waals surface area (Å²) in [6.45, 7) is 1.93. The Balaban J connectivity index is 3.95. The van der Waals surface area contributed by atoms with Crippen LogP contribution in [0.2, 0.25) is 0 Å². The van der Waals surface area contributed by atoms with Gasteiger partial charge in [-0.15, -0.1) is 0 Å². The molecule has 0 rings (SSSR count). The molecular formula is C50H83O10P. The van der Waals surface area contributed by atoms with E-state index in [1.54, 1.807) is 0 Å². The first-order valence-electron chi connectivity index (χ1n) is 23.2. The molecule has 3 N–H and O–H groups in total. The quantitative estimate of drug-likeness (QED) is 0.0234. The van der Waals surface area contributed by atoms with Crippen LogP contribution in [0.1, 0.15) is 168 Å². The van der Waals surface area contributed by atoms with Gasteiger partial charge in [-0.2, -0.15) is 0 Å². The van der Waals surface area contributed by atoms with Crippen LogP contribution in [0.4, 0.5) is 0 Å². The number of ether oxygens (including phenoxy) is 2. The molecule has 0 bridgehead atoms. The van der Waals surface area contributed by atoms with Gasteiger partial charge in [0.1, 0.15) is 12.2 Å². The van der Waals surface area contributed by atoms with E-state index < -0.39 is 58.4 Å². The second-order valence-electron chi connectivity index (χ2n) is 15.0. The zero-order valence-electron chi connectivity index (χ0n) is 37.8. The topological polar surface area (TPSA) is 149 Å². The van der Waals surface area contributed by atoms with Crippen molar-refractivity contribution in [3.63, 3.8) is 0 Å². The smallest absolute Gasteiger partial charge is 0.457 e. The molecule has 0 amide bonds. The zero-order valence-corrected chi connectivity index (χ0v) is 38.7. The minimum Gasteiger partial charge on any atom is -0.457 e. The highest BCUT2D eigenvalue weighted by atomic mass is 31.2. The third-order valence-electron chi connectivity index (χ3n) is 9.29. The van der Waals surface area contributed by atoms with E-state index in [4.69, 9.17) is 18.5 Å². The summed E-state index contributed by atoms with van der Waals surface area (Å²) in [5, 5.41) is 19.2. The maximum Gasteiger partial charge on any atom is 0.472 e. The van der Waals surface area contributed by atoms with Crippen LogP contribution in [-0.4, -0.2) is 65.7 Å². The monoisotopic (exact) mass is 875 g/mol. The normalized spacial score (nSPS) is 14.6. The predicted molar refractivity (Wildman–Crippen MR) is 251 cm³/mol. The lowest BCUT2D eigenvalue weighted by Gasteiger charge is -2.20. The Morgan fingerprint density at radius 2 is 0.721 bits per heavy atom. The van der Waals surface area contributed by atoms with E-state index >= 15 is 0 Å². The fourth-order valence-corrected chi connectivity index (χ4v) is 6.59. The summed E-state index contributed by atoms with van der Waals surface area (Å²) in [6, 6.07) is 0. The van der Waals surface area contributed by atoms with Gasteiger partial charge < -0.3 is 24.6 Å². The van der Waals surface area contributed by atoms with Gasteiger partial charge >= 0.3 is 19.8 Å². The predicted octanol–water partition coefficient (Wildman–Crippen LogP) is 12.8. The van der Waals surface area contributed by atoms with Gasteiger partial charge in [0.25, 0.3) is 0 Å². The van der Waals surface area contributed by atoms with Crippen molar-refractivity contribution in [2.24, 2.45) is 0 Å². The summed E-state index contributed by atoms with van der Waals surface area (Å²) in [5.41, 5.74) is 0. The fraction of sp³-hybridized carbons (Fsp3) is 0.640. The molecule has 0 spiro atoms. The first-order valence-corrected chi connectivity index (χ1v) is 24.7. The first-order chi connectivity index (χ1) is 29.8. The van der Waals surface area contributed by atoms with E-state index in [0.717, 1.165) is 103 Å². The Hall–Kier alpha value is -3.11. The van der Waals surface area contributed by atoms with Crippen molar-refractivity contribution in [2.75, 3.05) is 26.4 Å². The van der Waals surface area contributed by atoms with Gasteiger partial charge in [0.05, 0.1) is 26.4 Å². The maximum absolute atomic E-state index is 12.4. The number of carbonyl (C=O) groups is 2. The number of rotatable bonds is 42. The number of hydrogen-bond acceptors (Lipinski definition) is 9. The molecule has 0 aliphatic carbocycles. The van der Waals surface area contributed by atoms with E-state index in [1.807, 2.05) is 0 Å². The van der Waals surface area contributed by atoms with Crippen molar-refractivity contribution in [3.05, 3.63) is 97.2 Å². The molecule has 0 aliphatic heterocycles. The maximum atomic E-state index is 12.4. The molecule has 348 valence electrons. The highest BCUT2D eigenvalue weighted by Crippen LogP contribution is 2.43. The standard InChI is InChI=1S/C50H83O10P/c1-3-5-7-9-11-13-15-17-19-21-22-23-24-26-28-30-32-34-36-38-40-42-50(54)60-48(44-52)46-58-61(55,56)57-45-47(43-51)59-49(53)41-39-37-35-33-31-29-27-25-20-18-16-14-12-10-8-6-4-2/h5-8,11-14,17-20,22-23,27,29,47-48,51-52H,3-4,9-10,15-16,21,24-26,28,30-46H2,1-2H3,(H,55,56)/b7-5-,8-6-,13-11-,14-12-,19-17-,20-18-,23-22-,29-27-. The second kappa shape index (κ2) is 44.9. The van der Waals surface area contributed by atoms with Gasteiger partial charge in [0, 0.05) is 12.8 Å². The molecular weight excluding hydrogens is 792 g/mol. The van der Waals surface area contributed by atoms with Crippen LogP contribution in [0, 0.1) is 0 Å². The zero-order chi connectivity index (χ0) is 44.8. The van der Waals surface area contributed by atoms with E-state index in [0.29, 0.717) is 12.8 Å². The lowest BCUT2D eigenvalue weighted by atomic mass is 10.1. The average Bonchev–Trinajstić information content (AvgIpc) is 3.25. The van der Waals surface area contributed by atoms with E-state index in [1.165, 1.54) is 25.7 Å². The number of hydrogen-bond donors (Lipinski definition) is 3. The second-order valence-corrected chi connectivity index (χ2v) is 16.4. The Bertz CT molecular complexity index is 1330. The van der Waals surface area contributed by atoms with Crippen LogP contribution in [0.25, 0.3) is 0 Å². The highest BCUT2D eigenvalue weighted by molar-refractivity contribution is 7.47. The molecule has 0 aromatic rings. The Labute approximate surface area is 370 Å². The molecule has 0 saturated carbocycles. The molecule has 0 fully saturated rings. The van der Waals surface area contributed by atoms with Crippen molar-refractivity contribution in [1.29, 1.82) is 0 Å². The largest absolute Gasteiger partial charge is 0.472 e. The summed E-state index contributed by atoms with van der Waals surface area (Å²) in [7, 11) is -4.66. The van der Waals surface area contributed by atoms with Crippen molar-refractivity contribution < 1.29 is 47.8 Å². The lowest BCUT2D eigenvalue weighted by Crippen LogP contribution is -2.28. The number of aliphatic hydroxyl groups is 2. The SMILES string of the molecule is CC/C=C\C/C=C\C/C=C\C/C=C\CCCCCCCCCCC(=O)OC(CO)COP(=O)(O)OCC(CO)OC(=O)CCCCCC/C=C\C/C=C\C/C=C\C/C=C\CC. The summed E-state index contributed by atoms with van der Waals surface area (Å²) in [5.74, 6) is -1.06. The fourth-order valence-electron chi connectivity index (χ4n) is 5.80. The molecule has 10 nitrogen and oxygen atoms in total. The van der Waals surface area contributed by atoms with E-state index in [9.17, 15) is 29.3 Å². The van der Waals surface area contributed by atoms with Crippen LogP contribution in [0.3, 0.4) is 0 Å². The van der Waals surface area contributed by atoms with Crippen molar-refractivity contribution in [1.82, 2.24) is 0 Å². The third-order valence-corrected chi connectivity index (χ3v) is 10.2. The summed E-state index contributed by atoms with van der Waals surface area (Å²) in [4.78, 5) is 34.6. The number of allylic oxidation sites excluding steroid dienone is 16. The molecule has 61 heavy (non-hydrogen) atoms. The Kier molecular flexibility index (Phi) is 42.6. The molecule has 11 heteroatoms. The van der Waals surface area contributed by atoms with Crippen molar-refractivity contribution in [3.8, 4) is 0 Å². The van der Waals surface area contributed by atoms with Crippen LogP contribution >= 0.6 is 7.82 Å². The van der Waals surface area contributed by atoms with E-state index in [2.05, 4.69) is 111 Å². The molecule has 0 heterocycles. The van der Waals surface area contributed by atoms with Gasteiger partial charge in [-0.3, -0.25) is 18.6 Å². The summed E-state index contributed by atoms with van der Waals surface area (Å²) in [6.07, 6.45) is 55.2. The van der Waals surface area contributed by atoms with Crippen LogP contribution in [0.15, 0.2) is 97.2 Å². The number of phosphoric ester groups is 1. The highest BCUT2D eigenvalue weighted by Gasteiger charge is 2.27. The molecule has 0 aliphatic rings. The molecule has 0 aromatic heterocycles. The lowest BCUT2D eigenvalue weighted by molar-refractivity contribution is -0.153. The number of esters is 2. The number of carbonyl (C=O) groups excluding carboxylic acids is 2. The van der Waals surface area contributed by atoms with Crippen molar-refractivity contribution >= 4 is 19.8 Å². The van der Waals surface area contributed by atoms with Crippen molar-refractivity contribution in [2.45, 2.75) is 180 Å².